The summed E-state index contributed by atoms with van der Waals surface area (Å²) in [5.74, 6) is 0.283. The number of allylic oxidation sites excluding steroid dienone is 1. The maximum absolute atomic E-state index is 13.3. The topological polar surface area (TPSA) is 54.4 Å². The lowest BCUT2D eigenvalue weighted by molar-refractivity contribution is -0.140. The Morgan fingerprint density at radius 3 is 2.68 bits per heavy atom. The van der Waals surface area contributed by atoms with Crippen molar-refractivity contribution in [2.24, 2.45) is 4.99 Å². The zero-order valence-corrected chi connectivity index (χ0v) is 21.7. The largest absolute Gasteiger partial charge is 0.496 e. The van der Waals surface area contributed by atoms with Gasteiger partial charge in [0.15, 0.2) is 5.17 Å². The number of nitrogens with zero attached hydrogens (tertiary/aromatic N) is 3. The molecule has 1 atom stereocenters. The molecule has 0 aromatic heterocycles. The molecule has 0 saturated heterocycles. The number of halogens is 2. The summed E-state index contributed by atoms with van der Waals surface area (Å²) in [6.45, 7) is 2.75. The Hall–Kier alpha value is -2.45. The molecule has 6 nitrogen and oxygen atoms in total. The van der Waals surface area contributed by atoms with Crippen LogP contribution in [0.1, 0.15) is 24.1 Å². The number of carbonyl (C=O) groups is 1. The summed E-state index contributed by atoms with van der Waals surface area (Å²) in [5, 5.41) is 1.87. The number of hydrogen-bond donors (Lipinski definition) is 0. The van der Waals surface area contributed by atoms with E-state index in [1.54, 1.807) is 19.2 Å². The Morgan fingerprint density at radius 2 is 1.97 bits per heavy atom. The second kappa shape index (κ2) is 10.4. The van der Waals surface area contributed by atoms with E-state index in [0.717, 1.165) is 21.2 Å². The second-order valence-electron chi connectivity index (χ2n) is 8.10. The lowest BCUT2D eigenvalue weighted by Gasteiger charge is -2.34. The van der Waals surface area contributed by atoms with Crippen LogP contribution in [0.25, 0.3) is 4.91 Å². The fraction of sp³-hybridized carbons (Fsp3) is 0.280. The van der Waals surface area contributed by atoms with E-state index in [0.29, 0.717) is 33.6 Å². The fourth-order valence-corrected chi connectivity index (χ4v) is 5.50. The first kappa shape index (κ1) is 24.7. The first-order chi connectivity index (χ1) is 16.3. The molecule has 34 heavy (non-hydrogen) atoms. The summed E-state index contributed by atoms with van der Waals surface area (Å²) in [6.07, 6.45) is 1.97. The van der Waals surface area contributed by atoms with E-state index in [4.69, 9.17) is 37.7 Å². The number of amidine groups is 1. The zero-order valence-electron chi connectivity index (χ0n) is 19.3. The van der Waals surface area contributed by atoms with Crippen molar-refractivity contribution in [2.75, 3.05) is 34.4 Å². The lowest BCUT2D eigenvalue weighted by atomic mass is 9.94. The number of benzene rings is 2. The minimum atomic E-state index is -0.466. The molecule has 4 rings (SSSR count). The molecular formula is C25H25Cl2N3O3S. The van der Waals surface area contributed by atoms with E-state index in [9.17, 15) is 4.79 Å². The highest BCUT2D eigenvalue weighted by molar-refractivity contribution is 8.22. The van der Waals surface area contributed by atoms with Crippen LogP contribution in [-0.2, 0) is 9.53 Å². The highest BCUT2D eigenvalue weighted by atomic mass is 35.5. The van der Waals surface area contributed by atoms with Gasteiger partial charge in [0.05, 0.1) is 29.4 Å². The predicted molar refractivity (Wildman–Crippen MR) is 139 cm³/mol. The van der Waals surface area contributed by atoms with E-state index >= 15 is 0 Å². The summed E-state index contributed by atoms with van der Waals surface area (Å²) in [6, 6.07) is 12.6. The molecule has 0 saturated carbocycles. The first-order valence-electron chi connectivity index (χ1n) is 10.7. The van der Waals surface area contributed by atoms with E-state index in [1.165, 1.54) is 11.8 Å². The summed E-state index contributed by atoms with van der Waals surface area (Å²) < 4.78 is 11.3. The third-order valence-electron chi connectivity index (χ3n) is 5.50. The van der Waals surface area contributed by atoms with Crippen LogP contribution in [0.3, 0.4) is 0 Å². The molecule has 9 heteroatoms. The van der Waals surface area contributed by atoms with Gasteiger partial charge in [0, 0.05) is 33.8 Å². The van der Waals surface area contributed by atoms with E-state index in [2.05, 4.69) is 0 Å². The van der Waals surface area contributed by atoms with Gasteiger partial charge in [0.2, 0.25) is 0 Å². The quantitative estimate of drug-likeness (QED) is 0.430. The van der Waals surface area contributed by atoms with E-state index in [-0.39, 0.29) is 6.61 Å². The van der Waals surface area contributed by atoms with Gasteiger partial charge in [-0.2, -0.15) is 0 Å². The minimum absolute atomic E-state index is 0.286. The fourth-order valence-electron chi connectivity index (χ4n) is 3.83. The molecule has 2 aromatic rings. The molecule has 0 spiro atoms. The van der Waals surface area contributed by atoms with Gasteiger partial charge in [-0.15, -0.1) is 0 Å². The molecule has 178 valence electrons. The molecule has 2 aliphatic rings. The Kier molecular flexibility index (Phi) is 7.57. The summed E-state index contributed by atoms with van der Waals surface area (Å²) >= 11 is 14.1. The van der Waals surface area contributed by atoms with Crippen LogP contribution in [0.5, 0.6) is 5.75 Å². The molecule has 2 heterocycles. The Bertz CT molecular complexity index is 1210. The number of hydrogen-bond acceptors (Lipinski definition) is 7. The highest BCUT2D eigenvalue weighted by Crippen LogP contribution is 2.49. The number of thioether (sulfide) groups is 1. The van der Waals surface area contributed by atoms with Crippen molar-refractivity contribution in [1.82, 2.24) is 9.80 Å². The van der Waals surface area contributed by atoms with Crippen LogP contribution >= 0.6 is 35.0 Å². The number of aliphatic imine (C=N–C) groups is 1. The predicted octanol–water partition coefficient (Wildman–Crippen LogP) is 5.84. The van der Waals surface area contributed by atoms with Crippen molar-refractivity contribution in [3.63, 3.8) is 0 Å². The third kappa shape index (κ3) is 4.98. The molecule has 0 radical (unpaired) electrons. The van der Waals surface area contributed by atoms with Crippen molar-refractivity contribution in [1.29, 1.82) is 0 Å². The monoisotopic (exact) mass is 517 g/mol. The van der Waals surface area contributed by atoms with Crippen LogP contribution in [0.4, 0.5) is 0 Å². The molecule has 2 aliphatic heterocycles. The van der Waals surface area contributed by atoms with Gasteiger partial charge in [-0.25, -0.2) is 9.79 Å². The van der Waals surface area contributed by atoms with Gasteiger partial charge in [0.1, 0.15) is 12.4 Å². The number of likely N-dealkylation sites (N-methyl/N-ethyl adjacent to an activating group) is 1. The Labute approximate surface area is 213 Å². The molecule has 0 fully saturated rings. The SMILES string of the molecule is COc1ccccc1C1C(C(=O)OCCN(C)C)=C(C)N=C2SC(c3ccc(Cl)cc3Cl)=CN21. The van der Waals surface area contributed by atoms with Crippen molar-refractivity contribution in [3.8, 4) is 5.75 Å². The average Bonchev–Trinajstić information content (AvgIpc) is 3.20. The van der Waals surface area contributed by atoms with Gasteiger partial charge in [0.25, 0.3) is 0 Å². The average molecular weight is 518 g/mol. The van der Waals surface area contributed by atoms with Crippen LogP contribution in [0.2, 0.25) is 10.0 Å². The van der Waals surface area contributed by atoms with Crippen LogP contribution in [-0.4, -0.2) is 55.3 Å². The van der Waals surface area contributed by atoms with Crippen molar-refractivity contribution < 1.29 is 14.3 Å². The zero-order chi connectivity index (χ0) is 24.4. The van der Waals surface area contributed by atoms with Gasteiger partial charge >= 0.3 is 5.97 Å². The number of rotatable bonds is 7. The van der Waals surface area contributed by atoms with Crippen molar-refractivity contribution in [2.45, 2.75) is 13.0 Å². The van der Waals surface area contributed by atoms with Gasteiger partial charge in [-0.3, -0.25) is 0 Å². The van der Waals surface area contributed by atoms with Gasteiger partial charge in [-0.1, -0.05) is 47.5 Å². The Balaban J connectivity index is 1.78. The third-order valence-corrected chi connectivity index (χ3v) is 7.08. The first-order valence-corrected chi connectivity index (χ1v) is 12.2. The standard InChI is InChI=1S/C25H25Cl2N3O3S/c1-15-22(24(31)33-12-11-29(2)3)23(18-7-5-6-8-20(18)32-4)30-14-21(34-25(30)28-15)17-10-9-16(26)13-19(17)27/h5-10,13-14,23H,11-12H2,1-4H3. The number of fused-ring (bicyclic) bond motifs is 1. The maximum atomic E-state index is 13.3. The number of methoxy groups -OCH3 is 1. The van der Waals surface area contributed by atoms with Crippen molar-refractivity contribution in [3.05, 3.63) is 81.1 Å². The smallest absolute Gasteiger partial charge is 0.338 e. The van der Waals surface area contributed by atoms with Gasteiger partial charge in [-0.05, 0) is 51.0 Å². The number of esters is 1. The van der Waals surface area contributed by atoms with E-state index in [1.807, 2.05) is 67.4 Å². The molecule has 0 N–H and O–H groups in total. The number of ether oxygens (including phenoxy) is 2. The number of carbonyl (C=O) groups excluding carboxylic acids is 1. The molecule has 0 amide bonds. The van der Waals surface area contributed by atoms with Crippen LogP contribution in [0, 0.1) is 0 Å². The normalized spacial score (nSPS) is 17.5. The van der Waals surface area contributed by atoms with Crippen LogP contribution < -0.4 is 4.74 Å². The second-order valence-corrected chi connectivity index (χ2v) is 9.96. The molecular weight excluding hydrogens is 493 g/mol. The van der Waals surface area contributed by atoms with E-state index < -0.39 is 12.0 Å². The Morgan fingerprint density at radius 1 is 1.21 bits per heavy atom. The summed E-state index contributed by atoms with van der Waals surface area (Å²) in [7, 11) is 5.49. The summed E-state index contributed by atoms with van der Waals surface area (Å²) in [5.41, 5.74) is 2.78. The molecule has 0 bridgehead atoms. The highest BCUT2D eigenvalue weighted by Gasteiger charge is 2.40. The maximum Gasteiger partial charge on any atom is 0.338 e. The lowest BCUT2D eigenvalue weighted by Crippen LogP contribution is -2.34. The number of para-hydroxylation sites is 1. The summed E-state index contributed by atoms with van der Waals surface area (Å²) in [4.78, 5) is 22.9. The minimum Gasteiger partial charge on any atom is -0.496 e. The van der Waals surface area contributed by atoms with Gasteiger partial charge < -0.3 is 19.3 Å². The molecule has 0 aliphatic carbocycles. The molecule has 2 aromatic carbocycles. The van der Waals surface area contributed by atoms with Crippen LogP contribution in [0.15, 0.2) is 64.9 Å². The molecule has 1 unspecified atom stereocenters. The van der Waals surface area contributed by atoms with Crippen molar-refractivity contribution >= 4 is 51.0 Å².